The number of hydrogen-bond donors (Lipinski definition) is 0. The van der Waals surface area contributed by atoms with Gasteiger partial charge in [-0.25, -0.2) is 5.01 Å². The van der Waals surface area contributed by atoms with Crippen molar-refractivity contribution in [3.05, 3.63) is 54.1 Å². The number of carbonyl (C=O) groups is 1. The molecule has 1 unspecified atom stereocenters. The summed E-state index contributed by atoms with van der Waals surface area (Å²) in [5.41, 5.74) is 0.739. The summed E-state index contributed by atoms with van der Waals surface area (Å²) in [6.07, 6.45) is 6.05. The first kappa shape index (κ1) is 19.2. The standard InChI is InChI=1S/C21H23N5O3S/c1-13(2)20-22-23-21(25(20)14-7-8-14)30-12-19(27)26-16(18-6-4-10-29-18)11-15(24-26)17-5-3-9-28-17/h3-6,9-10,13-14,16H,7-8,11-12H2,1-2H3. The molecule has 0 saturated heterocycles. The monoisotopic (exact) mass is 425 g/mol. The van der Waals surface area contributed by atoms with Crippen molar-refractivity contribution in [2.75, 3.05) is 5.75 Å². The van der Waals surface area contributed by atoms with Gasteiger partial charge in [-0.3, -0.25) is 4.79 Å². The van der Waals surface area contributed by atoms with Gasteiger partial charge in [-0.15, -0.1) is 10.2 Å². The molecule has 4 heterocycles. The summed E-state index contributed by atoms with van der Waals surface area (Å²) in [5.74, 6) is 2.80. The summed E-state index contributed by atoms with van der Waals surface area (Å²) in [5, 5.41) is 15.6. The topological polar surface area (TPSA) is 89.7 Å². The maximum absolute atomic E-state index is 13.1. The number of nitrogens with zero attached hydrogens (tertiary/aromatic N) is 5. The fourth-order valence-corrected chi connectivity index (χ4v) is 4.55. The molecule has 0 aromatic carbocycles. The van der Waals surface area contributed by atoms with Crippen LogP contribution in [0.4, 0.5) is 0 Å². The highest BCUT2D eigenvalue weighted by Crippen LogP contribution is 2.40. The molecule has 3 aromatic rings. The Hall–Kier alpha value is -2.81. The Labute approximate surface area is 178 Å². The zero-order chi connectivity index (χ0) is 20.7. The van der Waals surface area contributed by atoms with Crippen LogP contribution in [0.25, 0.3) is 0 Å². The first-order valence-electron chi connectivity index (χ1n) is 10.2. The van der Waals surface area contributed by atoms with Gasteiger partial charge in [-0.2, -0.15) is 5.10 Å². The van der Waals surface area contributed by atoms with E-state index in [9.17, 15) is 4.79 Å². The summed E-state index contributed by atoms with van der Waals surface area (Å²) < 4.78 is 13.3. The molecule has 1 saturated carbocycles. The molecule has 9 heteroatoms. The minimum absolute atomic E-state index is 0.0978. The molecule has 1 aliphatic carbocycles. The Morgan fingerprint density at radius 2 is 2.00 bits per heavy atom. The summed E-state index contributed by atoms with van der Waals surface area (Å²) in [7, 11) is 0. The van der Waals surface area contributed by atoms with Gasteiger partial charge in [0.1, 0.15) is 29.1 Å². The maximum Gasteiger partial charge on any atom is 0.253 e. The van der Waals surface area contributed by atoms with Crippen LogP contribution in [-0.2, 0) is 4.79 Å². The molecule has 0 bridgehead atoms. The third-order valence-electron chi connectivity index (χ3n) is 5.29. The second-order valence-electron chi connectivity index (χ2n) is 7.88. The van der Waals surface area contributed by atoms with Crippen LogP contribution in [0.5, 0.6) is 0 Å². The van der Waals surface area contributed by atoms with Crippen molar-refractivity contribution in [2.24, 2.45) is 5.10 Å². The predicted molar refractivity (Wildman–Crippen MR) is 111 cm³/mol. The molecule has 30 heavy (non-hydrogen) atoms. The molecular formula is C21H23N5O3S. The van der Waals surface area contributed by atoms with E-state index in [1.54, 1.807) is 12.5 Å². The third kappa shape index (κ3) is 3.58. The second kappa shape index (κ2) is 7.79. The number of carbonyl (C=O) groups excluding carboxylic acids is 1. The van der Waals surface area contributed by atoms with Crippen LogP contribution >= 0.6 is 11.8 Å². The highest BCUT2D eigenvalue weighted by atomic mass is 32.2. The van der Waals surface area contributed by atoms with Crippen molar-refractivity contribution in [3.8, 4) is 0 Å². The van der Waals surface area contributed by atoms with Crippen LogP contribution in [0.15, 0.2) is 55.9 Å². The largest absolute Gasteiger partial charge is 0.467 e. The lowest BCUT2D eigenvalue weighted by atomic mass is 10.1. The summed E-state index contributed by atoms with van der Waals surface area (Å²) in [4.78, 5) is 13.1. The number of hydrogen-bond acceptors (Lipinski definition) is 7. The van der Waals surface area contributed by atoms with Crippen molar-refractivity contribution in [3.63, 3.8) is 0 Å². The molecule has 0 radical (unpaired) electrons. The number of hydrazone groups is 1. The number of thioether (sulfide) groups is 1. The Balaban J connectivity index is 1.35. The quantitative estimate of drug-likeness (QED) is 0.522. The molecular weight excluding hydrogens is 402 g/mol. The van der Waals surface area contributed by atoms with Crippen LogP contribution < -0.4 is 0 Å². The van der Waals surface area contributed by atoms with E-state index in [2.05, 4.69) is 33.7 Å². The fourth-order valence-electron chi connectivity index (χ4n) is 3.68. The lowest BCUT2D eigenvalue weighted by Gasteiger charge is -2.19. The third-order valence-corrected chi connectivity index (χ3v) is 6.22. The molecule has 5 rings (SSSR count). The molecule has 1 fully saturated rings. The van der Waals surface area contributed by atoms with Crippen LogP contribution in [0.1, 0.15) is 68.5 Å². The molecule has 1 atom stereocenters. The lowest BCUT2D eigenvalue weighted by molar-refractivity contribution is -0.130. The molecule has 3 aromatic heterocycles. The van der Waals surface area contributed by atoms with Crippen molar-refractivity contribution >= 4 is 23.4 Å². The smallest absolute Gasteiger partial charge is 0.253 e. The second-order valence-corrected chi connectivity index (χ2v) is 8.83. The average Bonchev–Trinajstić information content (AvgIpc) is 3.25. The van der Waals surface area contributed by atoms with Gasteiger partial charge in [0, 0.05) is 18.4 Å². The minimum atomic E-state index is -0.277. The average molecular weight is 426 g/mol. The minimum Gasteiger partial charge on any atom is -0.467 e. The Kier molecular flexibility index (Phi) is 4.98. The molecule has 2 aliphatic rings. The van der Waals surface area contributed by atoms with E-state index >= 15 is 0 Å². The predicted octanol–water partition coefficient (Wildman–Crippen LogP) is 4.39. The van der Waals surface area contributed by atoms with Crippen molar-refractivity contribution < 1.29 is 13.6 Å². The zero-order valence-electron chi connectivity index (χ0n) is 16.9. The SMILES string of the molecule is CC(C)c1nnc(SCC(=O)N2N=C(c3ccco3)CC2c2ccco2)n1C1CC1. The Morgan fingerprint density at radius 1 is 1.20 bits per heavy atom. The first-order valence-corrected chi connectivity index (χ1v) is 11.1. The van der Waals surface area contributed by atoms with Crippen molar-refractivity contribution in [1.82, 2.24) is 19.8 Å². The van der Waals surface area contributed by atoms with Gasteiger partial charge in [0.05, 0.1) is 18.3 Å². The zero-order valence-corrected chi connectivity index (χ0v) is 17.7. The first-order chi connectivity index (χ1) is 14.6. The summed E-state index contributed by atoms with van der Waals surface area (Å²) in [6.45, 7) is 4.23. The fraction of sp³-hybridized carbons (Fsp3) is 0.429. The van der Waals surface area contributed by atoms with Gasteiger partial charge in [-0.1, -0.05) is 25.6 Å². The van der Waals surface area contributed by atoms with E-state index in [1.165, 1.54) is 16.8 Å². The van der Waals surface area contributed by atoms with Crippen molar-refractivity contribution in [2.45, 2.75) is 56.3 Å². The highest BCUT2D eigenvalue weighted by Gasteiger charge is 2.36. The van der Waals surface area contributed by atoms with E-state index in [0.29, 0.717) is 29.9 Å². The number of furan rings is 2. The molecule has 0 spiro atoms. The van der Waals surface area contributed by atoms with Gasteiger partial charge in [-0.05, 0) is 37.1 Å². The van der Waals surface area contributed by atoms with Crippen LogP contribution in [0, 0.1) is 0 Å². The van der Waals surface area contributed by atoms with Gasteiger partial charge >= 0.3 is 0 Å². The van der Waals surface area contributed by atoms with Gasteiger partial charge < -0.3 is 13.4 Å². The lowest BCUT2D eigenvalue weighted by Crippen LogP contribution is -2.28. The molecule has 1 aliphatic heterocycles. The van der Waals surface area contributed by atoms with Gasteiger partial charge in [0.15, 0.2) is 5.16 Å². The Morgan fingerprint density at radius 3 is 2.67 bits per heavy atom. The van der Waals surface area contributed by atoms with Crippen LogP contribution in [-0.4, -0.2) is 37.1 Å². The molecule has 0 N–H and O–H groups in total. The van der Waals surface area contributed by atoms with E-state index < -0.39 is 0 Å². The van der Waals surface area contributed by atoms with Crippen LogP contribution in [0.2, 0.25) is 0 Å². The van der Waals surface area contributed by atoms with E-state index in [1.807, 2.05) is 24.3 Å². The number of rotatable bonds is 7. The maximum atomic E-state index is 13.1. The normalized spacial score (nSPS) is 19.0. The molecule has 8 nitrogen and oxygen atoms in total. The highest BCUT2D eigenvalue weighted by molar-refractivity contribution is 7.99. The Bertz CT molecular complexity index is 1050. The van der Waals surface area contributed by atoms with E-state index in [4.69, 9.17) is 8.83 Å². The van der Waals surface area contributed by atoms with E-state index in [-0.39, 0.29) is 17.7 Å². The van der Waals surface area contributed by atoms with E-state index in [0.717, 1.165) is 29.5 Å². The van der Waals surface area contributed by atoms with Crippen LogP contribution in [0.3, 0.4) is 0 Å². The summed E-state index contributed by atoms with van der Waals surface area (Å²) >= 11 is 1.42. The number of aromatic nitrogens is 3. The summed E-state index contributed by atoms with van der Waals surface area (Å²) in [6, 6.07) is 7.55. The van der Waals surface area contributed by atoms with Gasteiger partial charge in [0.25, 0.3) is 5.91 Å². The van der Waals surface area contributed by atoms with Gasteiger partial charge in [0.2, 0.25) is 0 Å². The molecule has 1 amide bonds. The van der Waals surface area contributed by atoms with Crippen molar-refractivity contribution in [1.29, 1.82) is 0 Å². The molecule has 156 valence electrons. The number of amides is 1.